The molecule has 130 valence electrons. The number of nitriles is 1. The van der Waals surface area contributed by atoms with Crippen molar-refractivity contribution in [2.75, 3.05) is 16.8 Å². The van der Waals surface area contributed by atoms with Crippen molar-refractivity contribution in [2.45, 2.75) is 13.8 Å². The van der Waals surface area contributed by atoms with Crippen LogP contribution in [0.5, 0.6) is 0 Å². The number of rotatable bonds is 5. The molecule has 0 saturated heterocycles. The molecule has 3 aromatic rings. The summed E-state index contributed by atoms with van der Waals surface area (Å²) in [5.41, 5.74) is 3.48. The van der Waals surface area contributed by atoms with Crippen LogP contribution in [0, 0.1) is 25.3 Å². The molecule has 0 unspecified atom stereocenters. The molecule has 0 aliphatic carbocycles. The summed E-state index contributed by atoms with van der Waals surface area (Å²) in [4.78, 5) is 13.8. The average molecular weight is 345 g/mol. The van der Waals surface area contributed by atoms with Crippen molar-refractivity contribution in [2.24, 2.45) is 0 Å². The van der Waals surface area contributed by atoms with E-state index in [1.807, 2.05) is 62.5 Å². The lowest BCUT2D eigenvalue weighted by Crippen LogP contribution is -2.30. The molecule has 1 heterocycles. The second-order valence-corrected chi connectivity index (χ2v) is 5.99. The van der Waals surface area contributed by atoms with Gasteiger partial charge in [0.05, 0.1) is 17.1 Å². The summed E-state index contributed by atoms with van der Waals surface area (Å²) < 4.78 is 1.69. The van der Waals surface area contributed by atoms with Gasteiger partial charge in [-0.05, 0) is 38.1 Å². The van der Waals surface area contributed by atoms with Crippen LogP contribution in [0.1, 0.15) is 11.3 Å². The van der Waals surface area contributed by atoms with Gasteiger partial charge < -0.3 is 5.32 Å². The monoisotopic (exact) mass is 345 g/mol. The first-order valence-corrected chi connectivity index (χ1v) is 8.22. The Morgan fingerprint density at radius 2 is 1.85 bits per heavy atom. The topological polar surface area (TPSA) is 74.0 Å². The number of nitrogens with zero attached hydrogens (tertiary/aromatic N) is 4. The van der Waals surface area contributed by atoms with E-state index in [1.54, 1.807) is 22.9 Å². The third kappa shape index (κ3) is 3.90. The smallest absolute Gasteiger partial charge is 0.246 e. The van der Waals surface area contributed by atoms with Crippen molar-refractivity contribution in [3.8, 4) is 11.9 Å². The molecule has 0 saturated carbocycles. The van der Waals surface area contributed by atoms with E-state index in [0.717, 1.165) is 16.9 Å². The number of carbonyl (C=O) groups is 1. The maximum atomic E-state index is 12.5. The van der Waals surface area contributed by atoms with Gasteiger partial charge in [0.25, 0.3) is 0 Å². The molecule has 0 fully saturated rings. The summed E-state index contributed by atoms with van der Waals surface area (Å²) in [5.74, 6) is 0.283. The van der Waals surface area contributed by atoms with E-state index in [4.69, 9.17) is 0 Å². The van der Waals surface area contributed by atoms with Crippen LogP contribution >= 0.6 is 0 Å². The minimum absolute atomic E-state index is 0.0708. The van der Waals surface area contributed by atoms with Gasteiger partial charge in [-0.3, -0.25) is 9.69 Å². The van der Waals surface area contributed by atoms with Gasteiger partial charge in [-0.2, -0.15) is 10.4 Å². The summed E-state index contributed by atoms with van der Waals surface area (Å²) in [6, 6.07) is 18.8. The van der Waals surface area contributed by atoms with Gasteiger partial charge in [0.15, 0.2) is 6.19 Å². The third-order valence-electron chi connectivity index (χ3n) is 3.87. The number of aryl methyl sites for hydroxylation is 2. The third-order valence-corrected chi connectivity index (χ3v) is 3.87. The van der Waals surface area contributed by atoms with E-state index in [0.29, 0.717) is 11.5 Å². The number of hydrogen-bond donors (Lipinski definition) is 1. The highest BCUT2D eigenvalue weighted by molar-refractivity contribution is 5.94. The number of aromatic nitrogens is 2. The highest BCUT2D eigenvalue weighted by Gasteiger charge is 2.14. The first kappa shape index (κ1) is 17.2. The second kappa shape index (κ2) is 7.53. The number of anilines is 2. The zero-order valence-electron chi connectivity index (χ0n) is 14.7. The fraction of sp³-hybridized carbons (Fsp3) is 0.150. The molecule has 0 atom stereocenters. The zero-order chi connectivity index (χ0) is 18.5. The van der Waals surface area contributed by atoms with E-state index in [9.17, 15) is 10.1 Å². The number of amides is 1. The lowest BCUT2D eigenvalue weighted by Gasteiger charge is -2.15. The average Bonchev–Trinajstić information content (AvgIpc) is 3.01. The Morgan fingerprint density at radius 3 is 2.50 bits per heavy atom. The van der Waals surface area contributed by atoms with Gasteiger partial charge in [0, 0.05) is 6.07 Å². The van der Waals surface area contributed by atoms with Crippen LogP contribution < -0.4 is 10.2 Å². The van der Waals surface area contributed by atoms with Crippen LogP contribution in [-0.2, 0) is 4.79 Å². The van der Waals surface area contributed by atoms with E-state index in [2.05, 4.69) is 10.4 Å². The van der Waals surface area contributed by atoms with Crippen LogP contribution in [0.25, 0.3) is 5.69 Å². The van der Waals surface area contributed by atoms with E-state index >= 15 is 0 Å². The van der Waals surface area contributed by atoms with Crippen LogP contribution in [0.4, 0.5) is 11.5 Å². The van der Waals surface area contributed by atoms with Gasteiger partial charge in [0.1, 0.15) is 12.4 Å². The summed E-state index contributed by atoms with van der Waals surface area (Å²) in [5, 5.41) is 16.6. The van der Waals surface area contributed by atoms with Crippen molar-refractivity contribution in [3.05, 3.63) is 71.9 Å². The fourth-order valence-corrected chi connectivity index (χ4v) is 2.59. The molecule has 0 radical (unpaired) electrons. The van der Waals surface area contributed by atoms with Crippen LogP contribution in [0.2, 0.25) is 0 Å². The van der Waals surface area contributed by atoms with Crippen LogP contribution in [0.3, 0.4) is 0 Å². The molecule has 6 heteroatoms. The summed E-state index contributed by atoms with van der Waals surface area (Å²) >= 11 is 0. The second-order valence-electron chi connectivity index (χ2n) is 5.99. The molecule has 0 spiro atoms. The first-order valence-electron chi connectivity index (χ1n) is 8.22. The largest absolute Gasteiger partial charge is 0.309 e. The zero-order valence-corrected chi connectivity index (χ0v) is 14.7. The molecule has 0 aliphatic rings. The molecular weight excluding hydrogens is 326 g/mol. The number of benzene rings is 2. The molecular formula is C20H19N5O. The lowest BCUT2D eigenvalue weighted by molar-refractivity contribution is -0.114. The Hall–Kier alpha value is -3.59. The van der Waals surface area contributed by atoms with Crippen molar-refractivity contribution in [3.63, 3.8) is 0 Å². The molecule has 1 amide bonds. The van der Waals surface area contributed by atoms with Crippen LogP contribution in [-0.4, -0.2) is 22.2 Å². The number of para-hydroxylation sites is 1. The van der Waals surface area contributed by atoms with Gasteiger partial charge in [-0.1, -0.05) is 35.9 Å². The number of nitrogens with one attached hydrogen (secondary N) is 1. The molecule has 0 bridgehead atoms. The minimum atomic E-state index is -0.288. The molecule has 2 aromatic carbocycles. The summed E-state index contributed by atoms with van der Waals surface area (Å²) in [7, 11) is 0. The summed E-state index contributed by atoms with van der Waals surface area (Å²) in [6.45, 7) is 3.81. The minimum Gasteiger partial charge on any atom is -0.309 e. The molecule has 0 aliphatic heterocycles. The number of carbonyl (C=O) groups excluding carboxylic acids is 1. The quantitative estimate of drug-likeness (QED) is 0.568. The maximum Gasteiger partial charge on any atom is 0.246 e. The Labute approximate surface area is 152 Å². The lowest BCUT2D eigenvalue weighted by atomic mass is 10.2. The molecule has 3 rings (SSSR count). The standard InChI is InChI=1S/C20H19N5O/c1-15-8-10-18(11-9-15)25-19(12-16(2)23-25)22-20(26)13-24(14-21)17-6-4-3-5-7-17/h3-12H,13H2,1-2H3,(H,22,26). The van der Waals surface area contributed by atoms with Crippen molar-refractivity contribution >= 4 is 17.4 Å². The van der Waals surface area contributed by atoms with E-state index in [1.165, 1.54) is 4.90 Å². The normalized spacial score (nSPS) is 10.2. The van der Waals surface area contributed by atoms with Gasteiger partial charge in [0.2, 0.25) is 5.91 Å². The van der Waals surface area contributed by atoms with Crippen molar-refractivity contribution < 1.29 is 4.79 Å². The Morgan fingerprint density at radius 1 is 1.15 bits per heavy atom. The van der Waals surface area contributed by atoms with Gasteiger partial charge >= 0.3 is 0 Å². The summed E-state index contributed by atoms with van der Waals surface area (Å²) in [6.07, 6.45) is 2.04. The highest BCUT2D eigenvalue weighted by Crippen LogP contribution is 2.18. The maximum absolute atomic E-state index is 12.5. The highest BCUT2D eigenvalue weighted by atomic mass is 16.2. The van der Waals surface area contributed by atoms with Gasteiger partial charge in [-0.25, -0.2) is 4.68 Å². The SMILES string of the molecule is Cc1ccc(-n2nc(C)cc2NC(=O)CN(C#N)c2ccccc2)cc1. The molecule has 1 N–H and O–H groups in total. The van der Waals surface area contributed by atoms with Crippen LogP contribution in [0.15, 0.2) is 60.7 Å². The van der Waals surface area contributed by atoms with Crippen molar-refractivity contribution in [1.29, 1.82) is 5.26 Å². The predicted octanol–water partition coefficient (Wildman–Crippen LogP) is 3.42. The molecule has 6 nitrogen and oxygen atoms in total. The molecule has 26 heavy (non-hydrogen) atoms. The van der Waals surface area contributed by atoms with E-state index in [-0.39, 0.29) is 12.5 Å². The Kier molecular flexibility index (Phi) is 4.99. The van der Waals surface area contributed by atoms with Gasteiger partial charge in [-0.15, -0.1) is 0 Å². The first-order chi connectivity index (χ1) is 12.6. The van der Waals surface area contributed by atoms with E-state index < -0.39 is 0 Å². The Bertz CT molecular complexity index is 939. The molecule has 1 aromatic heterocycles. The Balaban J connectivity index is 1.78. The number of hydrogen-bond acceptors (Lipinski definition) is 4. The fourth-order valence-electron chi connectivity index (χ4n) is 2.59. The van der Waals surface area contributed by atoms with Crippen molar-refractivity contribution in [1.82, 2.24) is 9.78 Å². The predicted molar refractivity (Wildman–Crippen MR) is 101 cm³/mol.